The first-order valence-corrected chi connectivity index (χ1v) is 8.70. The number of esters is 3. The average Bonchev–Trinajstić information content (AvgIpc) is 2.61. The Morgan fingerprint density at radius 1 is 0.929 bits per heavy atom. The lowest BCUT2D eigenvalue weighted by Crippen LogP contribution is -2.60. The SMILES string of the molecule is CC(=O)OC1O[C@H](COCc2ccccc2)[C@@H](F)[C@@H](OC(C)=O)[C@@H]1OC(C)=O. The zero-order valence-corrected chi connectivity index (χ0v) is 15.8. The highest BCUT2D eigenvalue weighted by Gasteiger charge is 2.52. The molecule has 0 aromatic heterocycles. The second-order valence-corrected chi connectivity index (χ2v) is 6.25. The van der Waals surface area contributed by atoms with Gasteiger partial charge in [0.1, 0.15) is 6.10 Å². The van der Waals surface area contributed by atoms with E-state index < -0.39 is 48.7 Å². The first kappa shape index (κ1) is 21.8. The lowest BCUT2D eigenvalue weighted by atomic mass is 10.00. The molecule has 9 heteroatoms. The fourth-order valence-corrected chi connectivity index (χ4v) is 2.77. The maximum atomic E-state index is 15.0. The van der Waals surface area contributed by atoms with Crippen LogP contribution in [0.3, 0.4) is 0 Å². The Balaban J connectivity index is 2.13. The molecule has 1 unspecified atom stereocenters. The molecule has 1 aromatic rings. The smallest absolute Gasteiger partial charge is 0.305 e. The van der Waals surface area contributed by atoms with E-state index in [9.17, 15) is 18.8 Å². The van der Waals surface area contributed by atoms with E-state index in [1.807, 2.05) is 30.3 Å². The van der Waals surface area contributed by atoms with Gasteiger partial charge in [-0.2, -0.15) is 0 Å². The van der Waals surface area contributed by atoms with Crippen molar-refractivity contribution in [2.75, 3.05) is 6.61 Å². The van der Waals surface area contributed by atoms with Gasteiger partial charge in [0, 0.05) is 20.8 Å². The van der Waals surface area contributed by atoms with E-state index in [0.717, 1.165) is 26.3 Å². The maximum Gasteiger partial charge on any atom is 0.305 e. The quantitative estimate of drug-likeness (QED) is 0.506. The van der Waals surface area contributed by atoms with Gasteiger partial charge in [0.05, 0.1) is 13.2 Å². The summed E-state index contributed by atoms with van der Waals surface area (Å²) in [5, 5.41) is 0. The Labute approximate surface area is 161 Å². The van der Waals surface area contributed by atoms with Crippen LogP contribution in [0.2, 0.25) is 0 Å². The molecule has 1 aliphatic rings. The normalized spacial score (nSPS) is 26.9. The van der Waals surface area contributed by atoms with Crippen molar-refractivity contribution in [3.05, 3.63) is 35.9 Å². The number of hydrogen-bond acceptors (Lipinski definition) is 8. The minimum atomic E-state index is -1.86. The molecule has 154 valence electrons. The van der Waals surface area contributed by atoms with Crippen molar-refractivity contribution in [2.45, 2.75) is 58.2 Å². The van der Waals surface area contributed by atoms with E-state index in [1.54, 1.807) is 0 Å². The molecule has 0 bridgehead atoms. The number of benzene rings is 1. The number of rotatable bonds is 7. The van der Waals surface area contributed by atoms with E-state index in [2.05, 4.69) is 0 Å². The van der Waals surface area contributed by atoms with E-state index in [-0.39, 0.29) is 13.2 Å². The van der Waals surface area contributed by atoms with Crippen LogP contribution in [-0.4, -0.2) is 55.3 Å². The molecule has 8 nitrogen and oxygen atoms in total. The molecule has 0 amide bonds. The van der Waals surface area contributed by atoms with Gasteiger partial charge in [-0.15, -0.1) is 0 Å². The summed E-state index contributed by atoms with van der Waals surface area (Å²) in [6.45, 7) is 3.32. The summed E-state index contributed by atoms with van der Waals surface area (Å²) in [5.41, 5.74) is 0.875. The van der Waals surface area contributed by atoms with Crippen molar-refractivity contribution < 1.29 is 42.5 Å². The third kappa shape index (κ3) is 6.28. The van der Waals surface area contributed by atoms with Crippen molar-refractivity contribution in [3.8, 4) is 0 Å². The monoisotopic (exact) mass is 398 g/mol. The lowest BCUT2D eigenvalue weighted by Gasteiger charge is -2.41. The highest BCUT2D eigenvalue weighted by atomic mass is 19.1. The predicted molar refractivity (Wildman–Crippen MR) is 92.5 cm³/mol. The molecule has 0 aliphatic carbocycles. The number of alkyl halides is 1. The Kier molecular flexibility index (Phi) is 7.89. The second-order valence-electron chi connectivity index (χ2n) is 6.25. The van der Waals surface area contributed by atoms with Crippen LogP contribution in [0.25, 0.3) is 0 Å². The summed E-state index contributed by atoms with van der Waals surface area (Å²) in [6, 6.07) is 9.22. The van der Waals surface area contributed by atoms with Crippen LogP contribution in [0.4, 0.5) is 4.39 Å². The molecule has 0 spiro atoms. The van der Waals surface area contributed by atoms with Crippen molar-refractivity contribution in [3.63, 3.8) is 0 Å². The van der Waals surface area contributed by atoms with Gasteiger partial charge in [0.25, 0.3) is 0 Å². The number of hydrogen-bond donors (Lipinski definition) is 0. The molecular formula is C19H23FO8. The highest BCUT2D eigenvalue weighted by Crippen LogP contribution is 2.29. The van der Waals surface area contributed by atoms with Gasteiger partial charge >= 0.3 is 17.9 Å². The maximum absolute atomic E-state index is 15.0. The first-order chi connectivity index (χ1) is 13.3. The van der Waals surface area contributed by atoms with Crippen LogP contribution in [-0.2, 0) is 44.7 Å². The Morgan fingerprint density at radius 3 is 2.07 bits per heavy atom. The first-order valence-electron chi connectivity index (χ1n) is 8.70. The standard InChI is InChI=1S/C19H23FO8/c1-11(21)25-17-16(20)15(10-24-9-14-7-5-4-6-8-14)28-19(27-13(3)23)18(17)26-12(2)22/h4-8,15-19H,9-10H2,1-3H3/t15-,16-,17-,18+,19?/m1/s1. The van der Waals surface area contributed by atoms with Crippen molar-refractivity contribution in [2.24, 2.45) is 0 Å². The molecule has 1 aromatic carbocycles. The van der Waals surface area contributed by atoms with Gasteiger partial charge in [-0.05, 0) is 5.56 Å². The average molecular weight is 398 g/mol. The van der Waals surface area contributed by atoms with Crippen LogP contribution < -0.4 is 0 Å². The molecule has 0 N–H and O–H groups in total. The third-order valence-electron chi connectivity index (χ3n) is 3.85. The van der Waals surface area contributed by atoms with E-state index in [4.69, 9.17) is 23.7 Å². The van der Waals surface area contributed by atoms with Gasteiger partial charge in [-0.25, -0.2) is 4.39 Å². The molecule has 0 saturated carbocycles. The van der Waals surface area contributed by atoms with Gasteiger partial charge in [0.15, 0.2) is 12.3 Å². The summed E-state index contributed by atoms with van der Waals surface area (Å²) in [4.78, 5) is 34.2. The summed E-state index contributed by atoms with van der Waals surface area (Å²) >= 11 is 0. The molecule has 28 heavy (non-hydrogen) atoms. The third-order valence-corrected chi connectivity index (χ3v) is 3.85. The van der Waals surface area contributed by atoms with Crippen LogP contribution >= 0.6 is 0 Å². The summed E-state index contributed by atoms with van der Waals surface area (Å²) < 4.78 is 41.0. The molecule has 1 heterocycles. The zero-order chi connectivity index (χ0) is 20.7. The Hall–Kier alpha value is -2.52. The fraction of sp³-hybridized carbons (Fsp3) is 0.526. The van der Waals surface area contributed by atoms with E-state index in [0.29, 0.717) is 0 Å². The summed E-state index contributed by atoms with van der Waals surface area (Å²) in [7, 11) is 0. The van der Waals surface area contributed by atoms with Crippen LogP contribution in [0, 0.1) is 0 Å². The lowest BCUT2D eigenvalue weighted by molar-refractivity contribution is -0.290. The van der Waals surface area contributed by atoms with Gasteiger partial charge in [0.2, 0.25) is 12.4 Å². The summed E-state index contributed by atoms with van der Waals surface area (Å²) in [5.74, 6) is -2.28. The van der Waals surface area contributed by atoms with Gasteiger partial charge in [-0.3, -0.25) is 14.4 Å². The number of ether oxygens (including phenoxy) is 5. The van der Waals surface area contributed by atoms with Crippen molar-refractivity contribution >= 4 is 17.9 Å². The highest BCUT2D eigenvalue weighted by molar-refractivity contribution is 5.68. The summed E-state index contributed by atoms with van der Waals surface area (Å²) in [6.07, 6.45) is -7.46. The molecule has 5 atom stereocenters. The van der Waals surface area contributed by atoms with Crippen LogP contribution in [0.1, 0.15) is 26.3 Å². The number of carbonyl (C=O) groups is 3. The molecule has 2 rings (SSSR count). The zero-order valence-electron chi connectivity index (χ0n) is 15.8. The number of carbonyl (C=O) groups excluding carboxylic acids is 3. The van der Waals surface area contributed by atoms with Crippen molar-refractivity contribution in [1.29, 1.82) is 0 Å². The number of halogens is 1. The topological polar surface area (TPSA) is 97.4 Å². The van der Waals surface area contributed by atoms with E-state index in [1.165, 1.54) is 0 Å². The molecule has 1 saturated heterocycles. The van der Waals surface area contributed by atoms with Gasteiger partial charge in [-0.1, -0.05) is 30.3 Å². The van der Waals surface area contributed by atoms with Crippen LogP contribution in [0.5, 0.6) is 0 Å². The minimum absolute atomic E-state index is 0.196. The van der Waals surface area contributed by atoms with Crippen LogP contribution in [0.15, 0.2) is 30.3 Å². The Morgan fingerprint density at radius 2 is 1.50 bits per heavy atom. The van der Waals surface area contributed by atoms with Crippen molar-refractivity contribution in [1.82, 2.24) is 0 Å². The fourth-order valence-electron chi connectivity index (χ4n) is 2.77. The predicted octanol–water partition coefficient (Wildman–Crippen LogP) is 1.69. The molecule has 0 radical (unpaired) electrons. The largest absolute Gasteiger partial charge is 0.455 e. The Bertz CT molecular complexity index is 680. The van der Waals surface area contributed by atoms with Gasteiger partial charge < -0.3 is 23.7 Å². The molecule has 1 fully saturated rings. The molecular weight excluding hydrogens is 375 g/mol. The second kappa shape index (κ2) is 10.1. The van der Waals surface area contributed by atoms with E-state index >= 15 is 0 Å². The molecule has 1 aliphatic heterocycles. The minimum Gasteiger partial charge on any atom is -0.455 e.